The molecule has 0 radical (unpaired) electrons. The Balaban J connectivity index is 1.77. The van der Waals surface area contributed by atoms with Crippen molar-refractivity contribution in [3.8, 4) is 0 Å². The lowest BCUT2D eigenvalue weighted by Gasteiger charge is -2.36. The van der Waals surface area contributed by atoms with Gasteiger partial charge in [0.05, 0.1) is 6.10 Å². The smallest absolute Gasteiger partial charge is 0.128 e. The number of hydrogen-bond donors (Lipinski definition) is 1. The zero-order valence-corrected chi connectivity index (χ0v) is 13.3. The molecule has 5 heteroatoms. The Kier molecular flexibility index (Phi) is 6.01. The third-order valence-electron chi connectivity index (χ3n) is 3.58. The number of aliphatic hydroxyl groups is 1. The summed E-state index contributed by atoms with van der Waals surface area (Å²) in [7, 11) is 0. The summed E-state index contributed by atoms with van der Waals surface area (Å²) in [6.45, 7) is 8.32. The van der Waals surface area contributed by atoms with Crippen LogP contribution in [-0.4, -0.2) is 53.8 Å². The summed E-state index contributed by atoms with van der Waals surface area (Å²) in [4.78, 5) is 9.04. The lowest BCUT2D eigenvalue weighted by Crippen LogP contribution is -2.48. The lowest BCUT2D eigenvalue weighted by molar-refractivity contribution is 0.103. The number of aromatic nitrogens is 1. The highest BCUT2D eigenvalue weighted by molar-refractivity contribution is 9.10. The molecule has 0 bridgehead atoms. The van der Waals surface area contributed by atoms with Gasteiger partial charge in [-0.3, -0.25) is 4.90 Å². The zero-order valence-electron chi connectivity index (χ0n) is 11.7. The molecule has 0 aliphatic carbocycles. The highest BCUT2D eigenvalue weighted by atomic mass is 79.9. The normalized spacial score (nSPS) is 18.0. The van der Waals surface area contributed by atoms with Crippen LogP contribution in [0.1, 0.15) is 12.8 Å². The molecule has 110 valence electrons. The number of aliphatic hydroxyl groups excluding tert-OH is 1. The Bertz CT molecular complexity index is 416. The van der Waals surface area contributed by atoms with Gasteiger partial charge in [0.2, 0.25) is 0 Å². The molecular formula is C15H22BrN3O. The molecule has 1 N–H and O–H groups in total. The summed E-state index contributed by atoms with van der Waals surface area (Å²) in [6.07, 6.45) is 5.13. The molecule has 0 amide bonds. The van der Waals surface area contributed by atoms with Gasteiger partial charge in [0, 0.05) is 43.4 Å². The molecule has 0 saturated carbocycles. The SMILES string of the molecule is C=CCC[C@@H](O)CN1CCN(c2ccc(Br)cn2)CC1. The first-order valence-corrected chi connectivity index (χ1v) is 7.86. The van der Waals surface area contributed by atoms with Crippen molar-refractivity contribution in [2.75, 3.05) is 37.6 Å². The van der Waals surface area contributed by atoms with Gasteiger partial charge >= 0.3 is 0 Å². The van der Waals surface area contributed by atoms with Gasteiger partial charge < -0.3 is 10.0 Å². The third kappa shape index (κ3) is 4.58. The molecule has 1 aliphatic rings. The molecule has 0 unspecified atom stereocenters. The summed E-state index contributed by atoms with van der Waals surface area (Å²) >= 11 is 3.40. The summed E-state index contributed by atoms with van der Waals surface area (Å²) < 4.78 is 1.00. The van der Waals surface area contributed by atoms with E-state index < -0.39 is 0 Å². The standard InChI is InChI=1S/C15H22BrN3O/c1-2-3-4-14(20)12-18-7-9-19(10-8-18)15-6-5-13(16)11-17-15/h2,5-6,11,14,20H,1,3-4,7-10,12H2/t14-/m1/s1. The molecule has 20 heavy (non-hydrogen) atoms. The van der Waals surface area contributed by atoms with Crippen LogP contribution in [-0.2, 0) is 0 Å². The van der Waals surface area contributed by atoms with E-state index in [1.54, 1.807) is 0 Å². The average molecular weight is 340 g/mol. The van der Waals surface area contributed by atoms with Crippen LogP contribution in [0.5, 0.6) is 0 Å². The van der Waals surface area contributed by atoms with Gasteiger partial charge in [-0.05, 0) is 40.9 Å². The number of β-amino-alcohol motifs (C(OH)–C–C–N with tert-alkyl or cyclic N) is 1. The second kappa shape index (κ2) is 7.76. The minimum absolute atomic E-state index is 0.245. The number of allylic oxidation sites excluding steroid dienone is 1. The highest BCUT2D eigenvalue weighted by Gasteiger charge is 2.19. The van der Waals surface area contributed by atoms with E-state index in [9.17, 15) is 5.11 Å². The van der Waals surface area contributed by atoms with Gasteiger partial charge in [-0.1, -0.05) is 6.08 Å². The summed E-state index contributed by atoms with van der Waals surface area (Å²) in [5, 5.41) is 9.93. The molecular weight excluding hydrogens is 318 g/mol. The molecule has 4 nitrogen and oxygen atoms in total. The van der Waals surface area contributed by atoms with Gasteiger partial charge in [-0.25, -0.2) is 4.98 Å². The van der Waals surface area contributed by atoms with Crippen molar-refractivity contribution >= 4 is 21.7 Å². The summed E-state index contributed by atoms with van der Waals surface area (Å²) in [5.74, 6) is 1.03. The highest BCUT2D eigenvalue weighted by Crippen LogP contribution is 2.16. The fraction of sp³-hybridized carbons (Fsp3) is 0.533. The van der Waals surface area contributed by atoms with E-state index in [4.69, 9.17) is 0 Å². The fourth-order valence-corrected chi connectivity index (χ4v) is 2.65. The van der Waals surface area contributed by atoms with Crippen LogP contribution < -0.4 is 4.90 Å². The molecule has 1 saturated heterocycles. The maximum absolute atomic E-state index is 9.93. The van der Waals surface area contributed by atoms with Crippen LogP contribution in [0.25, 0.3) is 0 Å². The zero-order chi connectivity index (χ0) is 14.4. The predicted octanol–water partition coefficient (Wildman–Crippen LogP) is 2.29. The predicted molar refractivity (Wildman–Crippen MR) is 86.0 cm³/mol. The van der Waals surface area contributed by atoms with Crippen LogP contribution in [0.2, 0.25) is 0 Å². The van der Waals surface area contributed by atoms with Crippen molar-refractivity contribution in [1.82, 2.24) is 9.88 Å². The largest absolute Gasteiger partial charge is 0.392 e. The van der Waals surface area contributed by atoms with Crippen molar-refractivity contribution in [3.63, 3.8) is 0 Å². The van der Waals surface area contributed by atoms with E-state index in [0.717, 1.165) is 55.9 Å². The van der Waals surface area contributed by atoms with Gasteiger partial charge in [0.1, 0.15) is 5.82 Å². The quantitative estimate of drug-likeness (QED) is 0.807. The average Bonchev–Trinajstić information content (AvgIpc) is 2.47. The van der Waals surface area contributed by atoms with Crippen LogP contribution in [0.3, 0.4) is 0 Å². The second-order valence-electron chi connectivity index (χ2n) is 5.14. The van der Waals surface area contributed by atoms with E-state index in [-0.39, 0.29) is 6.10 Å². The first-order chi connectivity index (χ1) is 9.69. The number of pyridine rings is 1. The van der Waals surface area contributed by atoms with Gasteiger partial charge in [0.25, 0.3) is 0 Å². The van der Waals surface area contributed by atoms with Crippen molar-refractivity contribution in [1.29, 1.82) is 0 Å². The number of nitrogens with zero attached hydrogens (tertiary/aromatic N) is 3. The van der Waals surface area contributed by atoms with Crippen molar-refractivity contribution < 1.29 is 5.11 Å². The lowest BCUT2D eigenvalue weighted by atomic mass is 10.1. The molecule has 0 spiro atoms. The van der Waals surface area contributed by atoms with Crippen molar-refractivity contribution in [3.05, 3.63) is 35.5 Å². The Labute approximate surface area is 129 Å². The van der Waals surface area contributed by atoms with Gasteiger partial charge in [-0.15, -0.1) is 6.58 Å². The third-order valence-corrected chi connectivity index (χ3v) is 4.05. The number of piperazine rings is 1. The number of anilines is 1. The van der Waals surface area contributed by atoms with Crippen LogP contribution in [0.4, 0.5) is 5.82 Å². The second-order valence-corrected chi connectivity index (χ2v) is 6.06. The van der Waals surface area contributed by atoms with Gasteiger partial charge in [0.15, 0.2) is 0 Å². The van der Waals surface area contributed by atoms with Crippen LogP contribution >= 0.6 is 15.9 Å². The molecule has 1 atom stereocenters. The van der Waals surface area contributed by atoms with Crippen molar-refractivity contribution in [2.45, 2.75) is 18.9 Å². The Morgan fingerprint density at radius 1 is 1.35 bits per heavy atom. The van der Waals surface area contributed by atoms with E-state index in [1.165, 1.54) is 0 Å². The summed E-state index contributed by atoms with van der Waals surface area (Å²) in [5.41, 5.74) is 0. The first kappa shape index (κ1) is 15.5. The Morgan fingerprint density at radius 2 is 2.10 bits per heavy atom. The maximum atomic E-state index is 9.93. The van der Waals surface area contributed by atoms with Gasteiger partial charge in [-0.2, -0.15) is 0 Å². The minimum Gasteiger partial charge on any atom is -0.392 e. The monoisotopic (exact) mass is 339 g/mol. The topological polar surface area (TPSA) is 39.6 Å². The molecule has 1 fully saturated rings. The molecule has 1 aliphatic heterocycles. The number of hydrogen-bond acceptors (Lipinski definition) is 4. The molecule has 1 aromatic heterocycles. The van der Waals surface area contributed by atoms with Crippen molar-refractivity contribution in [2.24, 2.45) is 0 Å². The minimum atomic E-state index is -0.245. The molecule has 1 aromatic rings. The molecule has 2 heterocycles. The number of rotatable bonds is 6. The molecule has 0 aromatic carbocycles. The molecule has 2 rings (SSSR count). The van der Waals surface area contributed by atoms with Crippen LogP contribution in [0.15, 0.2) is 35.5 Å². The Hall–Kier alpha value is -0.910. The Morgan fingerprint density at radius 3 is 2.70 bits per heavy atom. The summed E-state index contributed by atoms with van der Waals surface area (Å²) in [6, 6.07) is 4.06. The van der Waals surface area contributed by atoms with Crippen LogP contribution in [0, 0.1) is 0 Å². The number of halogens is 1. The van der Waals surface area contributed by atoms with E-state index in [1.807, 2.05) is 24.4 Å². The van der Waals surface area contributed by atoms with E-state index in [0.29, 0.717) is 0 Å². The maximum Gasteiger partial charge on any atom is 0.128 e. The fourth-order valence-electron chi connectivity index (χ4n) is 2.41. The van der Waals surface area contributed by atoms with E-state index in [2.05, 4.69) is 37.3 Å². The van der Waals surface area contributed by atoms with E-state index >= 15 is 0 Å². The first-order valence-electron chi connectivity index (χ1n) is 7.07.